The van der Waals surface area contributed by atoms with Crippen molar-refractivity contribution in [3.05, 3.63) is 83.1 Å². The largest absolute Gasteiger partial charge is 0.447 e. The van der Waals surface area contributed by atoms with E-state index in [4.69, 9.17) is 4.42 Å². The van der Waals surface area contributed by atoms with Crippen molar-refractivity contribution in [3.63, 3.8) is 0 Å². The second-order valence-electron chi connectivity index (χ2n) is 10.1. The summed E-state index contributed by atoms with van der Waals surface area (Å²) < 4.78 is 5.69. The van der Waals surface area contributed by atoms with Crippen molar-refractivity contribution in [2.75, 3.05) is 63.8 Å². The maximum Gasteiger partial charge on any atom is 0.275 e. The SMILES string of the molecule is Cc1cccc(C)c1N1CCN(C(=O)c2coc(CN3CCN(C[C@@H](O)c4ccccc4)CC3)n2)CC1. The third-order valence-electron chi connectivity index (χ3n) is 7.53. The number of piperazine rings is 2. The number of carbonyl (C=O) groups excluding carboxylic acids is 1. The molecule has 8 nitrogen and oxygen atoms in total. The monoisotopic (exact) mass is 503 g/mol. The van der Waals surface area contributed by atoms with Crippen molar-refractivity contribution in [1.29, 1.82) is 0 Å². The quantitative estimate of drug-likeness (QED) is 0.531. The molecule has 1 aromatic heterocycles. The minimum absolute atomic E-state index is 0.0594. The van der Waals surface area contributed by atoms with Gasteiger partial charge < -0.3 is 19.3 Å². The second kappa shape index (κ2) is 11.5. The Morgan fingerprint density at radius 1 is 0.892 bits per heavy atom. The molecule has 1 N–H and O–H groups in total. The van der Waals surface area contributed by atoms with Crippen LogP contribution < -0.4 is 4.90 Å². The Morgan fingerprint density at radius 3 is 2.22 bits per heavy atom. The summed E-state index contributed by atoms with van der Waals surface area (Å²) in [6, 6.07) is 16.2. The van der Waals surface area contributed by atoms with Gasteiger partial charge in [0.1, 0.15) is 6.26 Å². The molecule has 8 heteroatoms. The number of carbonyl (C=O) groups is 1. The fraction of sp³-hybridized carbons (Fsp3) is 0.448. The average Bonchev–Trinajstić information content (AvgIpc) is 3.38. The van der Waals surface area contributed by atoms with Crippen LogP contribution >= 0.6 is 0 Å². The number of amides is 1. The van der Waals surface area contributed by atoms with Gasteiger partial charge in [0.25, 0.3) is 5.91 Å². The molecule has 5 rings (SSSR count). The lowest BCUT2D eigenvalue weighted by Gasteiger charge is -2.37. The normalized spacial score (nSPS) is 18.2. The van der Waals surface area contributed by atoms with Crippen molar-refractivity contribution < 1.29 is 14.3 Å². The van der Waals surface area contributed by atoms with Gasteiger partial charge in [0.05, 0.1) is 12.6 Å². The van der Waals surface area contributed by atoms with E-state index in [-0.39, 0.29) is 5.91 Å². The Morgan fingerprint density at radius 2 is 1.54 bits per heavy atom. The molecule has 2 aliphatic heterocycles. The van der Waals surface area contributed by atoms with E-state index in [9.17, 15) is 9.90 Å². The fourth-order valence-corrected chi connectivity index (χ4v) is 5.43. The molecule has 3 aromatic rings. The number of aliphatic hydroxyl groups excluding tert-OH is 1. The molecule has 0 aliphatic carbocycles. The number of rotatable bonds is 7. The molecular formula is C29H37N5O3. The number of oxazole rings is 1. The molecule has 2 fully saturated rings. The highest BCUT2D eigenvalue weighted by Crippen LogP contribution is 2.26. The van der Waals surface area contributed by atoms with E-state index in [1.54, 1.807) is 0 Å². The van der Waals surface area contributed by atoms with Crippen molar-refractivity contribution in [2.45, 2.75) is 26.5 Å². The predicted octanol–water partition coefficient (Wildman–Crippen LogP) is 3.11. The Hall–Kier alpha value is -3.20. The molecule has 3 heterocycles. The molecule has 37 heavy (non-hydrogen) atoms. The van der Waals surface area contributed by atoms with Gasteiger partial charge in [-0.15, -0.1) is 0 Å². The lowest BCUT2D eigenvalue weighted by atomic mass is 10.1. The Bertz CT molecular complexity index is 1160. The molecule has 0 saturated carbocycles. The van der Waals surface area contributed by atoms with Crippen LogP contribution in [-0.2, 0) is 6.54 Å². The zero-order valence-electron chi connectivity index (χ0n) is 21.8. The number of nitrogens with zero attached hydrogens (tertiary/aromatic N) is 5. The summed E-state index contributed by atoms with van der Waals surface area (Å²) in [5.74, 6) is 0.520. The Kier molecular flexibility index (Phi) is 7.88. The topological polar surface area (TPSA) is 76.3 Å². The molecule has 1 amide bonds. The number of aliphatic hydroxyl groups is 1. The lowest BCUT2D eigenvalue weighted by Crippen LogP contribution is -2.49. The molecule has 0 spiro atoms. The van der Waals surface area contributed by atoms with E-state index >= 15 is 0 Å². The minimum atomic E-state index is -0.476. The number of hydrogen-bond donors (Lipinski definition) is 1. The molecule has 1 atom stereocenters. The third kappa shape index (κ3) is 6.04. The van der Waals surface area contributed by atoms with Crippen molar-refractivity contribution in [1.82, 2.24) is 19.7 Å². The lowest BCUT2D eigenvalue weighted by molar-refractivity contribution is 0.0671. The summed E-state index contributed by atoms with van der Waals surface area (Å²) in [5.41, 5.74) is 5.17. The summed E-state index contributed by atoms with van der Waals surface area (Å²) in [5, 5.41) is 10.5. The number of aromatic nitrogens is 1. The van der Waals surface area contributed by atoms with E-state index in [0.717, 1.165) is 44.8 Å². The molecule has 196 valence electrons. The first kappa shape index (κ1) is 25.4. The average molecular weight is 504 g/mol. The van der Waals surface area contributed by atoms with Crippen LogP contribution in [0, 0.1) is 13.8 Å². The van der Waals surface area contributed by atoms with Crippen molar-refractivity contribution in [3.8, 4) is 0 Å². The molecule has 2 aromatic carbocycles. The van der Waals surface area contributed by atoms with E-state index in [1.165, 1.54) is 23.1 Å². The minimum Gasteiger partial charge on any atom is -0.447 e. The van der Waals surface area contributed by atoms with Gasteiger partial charge in [-0.2, -0.15) is 0 Å². The van der Waals surface area contributed by atoms with Crippen molar-refractivity contribution >= 4 is 11.6 Å². The van der Waals surface area contributed by atoms with E-state index in [1.807, 2.05) is 35.2 Å². The summed E-state index contributed by atoms with van der Waals surface area (Å²) in [7, 11) is 0. The van der Waals surface area contributed by atoms with Crippen LogP contribution in [0.1, 0.15) is 39.2 Å². The van der Waals surface area contributed by atoms with Crippen LogP contribution in [0.2, 0.25) is 0 Å². The zero-order valence-corrected chi connectivity index (χ0v) is 21.8. The fourth-order valence-electron chi connectivity index (χ4n) is 5.43. The maximum absolute atomic E-state index is 13.1. The van der Waals surface area contributed by atoms with E-state index in [2.05, 4.69) is 51.7 Å². The van der Waals surface area contributed by atoms with Gasteiger partial charge in [0.15, 0.2) is 5.69 Å². The van der Waals surface area contributed by atoms with Gasteiger partial charge >= 0.3 is 0 Å². The smallest absolute Gasteiger partial charge is 0.275 e. The summed E-state index contributed by atoms with van der Waals surface area (Å²) >= 11 is 0. The highest BCUT2D eigenvalue weighted by Gasteiger charge is 2.27. The van der Waals surface area contributed by atoms with Gasteiger partial charge in [-0.25, -0.2) is 4.98 Å². The van der Waals surface area contributed by atoms with E-state index < -0.39 is 6.10 Å². The number of benzene rings is 2. The first-order valence-electron chi connectivity index (χ1n) is 13.2. The van der Waals surface area contributed by atoms with E-state index in [0.29, 0.717) is 37.8 Å². The van der Waals surface area contributed by atoms with Crippen LogP contribution in [0.25, 0.3) is 0 Å². The second-order valence-corrected chi connectivity index (χ2v) is 10.1. The number of para-hydroxylation sites is 1. The molecule has 0 radical (unpaired) electrons. The highest BCUT2D eigenvalue weighted by molar-refractivity contribution is 5.92. The molecule has 2 aliphatic rings. The number of aryl methyl sites for hydroxylation is 2. The van der Waals surface area contributed by atoms with Gasteiger partial charge in [0.2, 0.25) is 5.89 Å². The van der Waals surface area contributed by atoms with Crippen LogP contribution in [0.3, 0.4) is 0 Å². The predicted molar refractivity (Wildman–Crippen MR) is 144 cm³/mol. The van der Waals surface area contributed by atoms with Gasteiger partial charge in [-0.1, -0.05) is 48.5 Å². The molecule has 0 unspecified atom stereocenters. The summed E-state index contributed by atoms with van der Waals surface area (Å²) in [6.45, 7) is 12.0. The standard InChI is InChI=1S/C29H37N5O3/c1-22-7-6-8-23(2)28(22)33-15-17-34(18-16-33)29(36)25-21-37-27(30-25)20-32-13-11-31(12-14-32)19-26(35)24-9-4-3-5-10-24/h3-10,21,26,35H,11-20H2,1-2H3/t26-/m1/s1. The first-order valence-corrected chi connectivity index (χ1v) is 13.2. The summed E-state index contributed by atoms with van der Waals surface area (Å²) in [4.78, 5) is 26.4. The Labute approximate surface area is 219 Å². The van der Waals surface area contributed by atoms with Crippen LogP contribution in [0.15, 0.2) is 59.2 Å². The molecular weight excluding hydrogens is 466 g/mol. The Balaban J connectivity index is 1.08. The van der Waals surface area contributed by atoms with Crippen LogP contribution in [0.5, 0.6) is 0 Å². The third-order valence-corrected chi connectivity index (χ3v) is 7.53. The van der Waals surface area contributed by atoms with Gasteiger partial charge in [-0.05, 0) is 30.5 Å². The highest BCUT2D eigenvalue weighted by atomic mass is 16.3. The maximum atomic E-state index is 13.1. The number of hydrogen-bond acceptors (Lipinski definition) is 7. The van der Waals surface area contributed by atoms with Gasteiger partial charge in [0, 0.05) is 64.6 Å². The first-order chi connectivity index (χ1) is 18.0. The molecule has 2 saturated heterocycles. The molecule has 0 bridgehead atoms. The van der Waals surface area contributed by atoms with Crippen LogP contribution in [-0.4, -0.2) is 89.6 Å². The van der Waals surface area contributed by atoms with Crippen molar-refractivity contribution in [2.24, 2.45) is 0 Å². The summed E-state index contributed by atoms with van der Waals surface area (Å²) in [6.07, 6.45) is 1.03. The number of anilines is 1. The van der Waals surface area contributed by atoms with Crippen LogP contribution in [0.4, 0.5) is 5.69 Å². The zero-order chi connectivity index (χ0) is 25.8. The number of β-amino-alcohol motifs (C(OH)–C–C–N with tert-alkyl or cyclic N) is 1. The van der Waals surface area contributed by atoms with Gasteiger partial charge in [-0.3, -0.25) is 14.6 Å².